The second kappa shape index (κ2) is 5.85. The molecule has 1 heterocycles. The lowest BCUT2D eigenvalue weighted by atomic mass is 10.2. The van der Waals surface area contributed by atoms with E-state index in [1.54, 1.807) is 6.07 Å². The van der Waals surface area contributed by atoms with Crippen molar-refractivity contribution >= 4 is 48.9 Å². The Morgan fingerprint density at radius 2 is 1.89 bits per heavy atom. The van der Waals surface area contributed by atoms with Crippen LogP contribution in [0, 0.1) is 0 Å². The Balaban J connectivity index is 2.07. The molecular formula is C12H8Br2F3NS. The lowest BCUT2D eigenvalue weighted by molar-refractivity contribution is -0.137. The topological polar surface area (TPSA) is 12.0 Å². The SMILES string of the molecule is FC(F)(F)c1cccc(NCc2cc(Br)c(Br)s2)c1. The van der Waals surface area contributed by atoms with E-state index in [-0.39, 0.29) is 0 Å². The smallest absolute Gasteiger partial charge is 0.380 e. The summed E-state index contributed by atoms with van der Waals surface area (Å²) < 4.78 is 39.6. The van der Waals surface area contributed by atoms with Crippen LogP contribution in [0.3, 0.4) is 0 Å². The van der Waals surface area contributed by atoms with Gasteiger partial charge in [0.2, 0.25) is 0 Å². The zero-order valence-electron chi connectivity index (χ0n) is 9.39. The molecular weight excluding hydrogens is 407 g/mol. The van der Waals surface area contributed by atoms with E-state index >= 15 is 0 Å². The van der Waals surface area contributed by atoms with E-state index in [2.05, 4.69) is 37.2 Å². The highest BCUT2D eigenvalue weighted by atomic mass is 79.9. The number of alkyl halides is 3. The van der Waals surface area contributed by atoms with Crippen LogP contribution in [0.25, 0.3) is 0 Å². The van der Waals surface area contributed by atoms with Crippen molar-refractivity contribution in [2.24, 2.45) is 0 Å². The van der Waals surface area contributed by atoms with E-state index in [0.717, 1.165) is 25.3 Å². The van der Waals surface area contributed by atoms with Crippen LogP contribution >= 0.6 is 43.2 Å². The molecule has 1 N–H and O–H groups in total. The van der Waals surface area contributed by atoms with Crippen LogP contribution in [0.5, 0.6) is 0 Å². The number of thiophene rings is 1. The summed E-state index contributed by atoms with van der Waals surface area (Å²) in [6.07, 6.45) is -4.31. The van der Waals surface area contributed by atoms with Gasteiger partial charge in [0.15, 0.2) is 0 Å². The molecule has 0 bridgehead atoms. The van der Waals surface area contributed by atoms with Gasteiger partial charge in [-0.2, -0.15) is 13.2 Å². The number of benzene rings is 1. The van der Waals surface area contributed by atoms with Gasteiger partial charge in [-0.05, 0) is 56.1 Å². The fourth-order valence-electron chi connectivity index (χ4n) is 1.47. The molecule has 0 fully saturated rings. The summed E-state index contributed by atoms with van der Waals surface area (Å²) in [6, 6.07) is 7.11. The van der Waals surface area contributed by atoms with E-state index in [4.69, 9.17) is 0 Å². The quantitative estimate of drug-likeness (QED) is 0.658. The van der Waals surface area contributed by atoms with Crippen LogP contribution < -0.4 is 5.32 Å². The van der Waals surface area contributed by atoms with Crippen molar-refractivity contribution in [3.63, 3.8) is 0 Å². The highest BCUT2D eigenvalue weighted by Crippen LogP contribution is 2.33. The Morgan fingerprint density at radius 3 is 2.47 bits per heavy atom. The maximum absolute atomic E-state index is 12.5. The van der Waals surface area contributed by atoms with E-state index in [9.17, 15) is 13.2 Å². The van der Waals surface area contributed by atoms with Crippen molar-refractivity contribution < 1.29 is 13.2 Å². The van der Waals surface area contributed by atoms with Crippen molar-refractivity contribution in [1.29, 1.82) is 0 Å². The minimum atomic E-state index is -4.31. The van der Waals surface area contributed by atoms with Crippen LogP contribution in [-0.4, -0.2) is 0 Å². The molecule has 1 aromatic heterocycles. The zero-order valence-corrected chi connectivity index (χ0v) is 13.4. The first-order chi connectivity index (χ1) is 8.86. The fourth-order valence-corrected chi connectivity index (χ4v) is 3.59. The van der Waals surface area contributed by atoms with Crippen molar-refractivity contribution in [1.82, 2.24) is 0 Å². The Morgan fingerprint density at radius 1 is 1.16 bits per heavy atom. The van der Waals surface area contributed by atoms with Crippen molar-refractivity contribution in [3.8, 4) is 0 Å². The Bertz CT molecular complexity index is 561. The molecule has 2 aromatic rings. The number of rotatable bonds is 3. The molecule has 0 spiro atoms. The minimum absolute atomic E-state index is 0.454. The lowest BCUT2D eigenvalue weighted by Crippen LogP contribution is -2.06. The summed E-state index contributed by atoms with van der Waals surface area (Å²) in [5.41, 5.74) is -0.193. The largest absolute Gasteiger partial charge is 0.416 e. The van der Waals surface area contributed by atoms with E-state index < -0.39 is 11.7 Å². The van der Waals surface area contributed by atoms with Gasteiger partial charge < -0.3 is 5.32 Å². The van der Waals surface area contributed by atoms with Crippen molar-refractivity contribution in [2.45, 2.75) is 12.7 Å². The predicted octanol–water partition coefficient (Wildman–Crippen LogP) is 5.90. The van der Waals surface area contributed by atoms with Gasteiger partial charge in [-0.15, -0.1) is 11.3 Å². The molecule has 1 nitrogen and oxygen atoms in total. The van der Waals surface area contributed by atoms with Crippen LogP contribution in [0.4, 0.5) is 18.9 Å². The lowest BCUT2D eigenvalue weighted by Gasteiger charge is -2.09. The molecule has 102 valence electrons. The van der Waals surface area contributed by atoms with Crippen molar-refractivity contribution in [3.05, 3.63) is 49.0 Å². The van der Waals surface area contributed by atoms with E-state index in [1.807, 2.05) is 6.07 Å². The second-order valence-corrected chi connectivity index (χ2v) is 7.08. The summed E-state index contributed by atoms with van der Waals surface area (Å²) >= 11 is 8.27. The second-order valence-electron chi connectivity index (χ2n) is 3.77. The average Bonchev–Trinajstić information content (AvgIpc) is 2.66. The van der Waals surface area contributed by atoms with Crippen molar-refractivity contribution in [2.75, 3.05) is 5.32 Å². The summed E-state index contributed by atoms with van der Waals surface area (Å²) in [7, 11) is 0. The third kappa shape index (κ3) is 3.97. The summed E-state index contributed by atoms with van der Waals surface area (Å²) in [5, 5.41) is 2.98. The zero-order chi connectivity index (χ0) is 14.0. The molecule has 0 unspecified atom stereocenters. The van der Waals surface area contributed by atoms with Crippen LogP contribution in [0.2, 0.25) is 0 Å². The molecule has 19 heavy (non-hydrogen) atoms. The van der Waals surface area contributed by atoms with E-state index in [1.165, 1.54) is 17.4 Å². The fraction of sp³-hybridized carbons (Fsp3) is 0.167. The third-order valence-electron chi connectivity index (χ3n) is 2.35. The highest BCUT2D eigenvalue weighted by Gasteiger charge is 2.30. The van der Waals surface area contributed by atoms with Gasteiger partial charge in [0.05, 0.1) is 9.35 Å². The monoisotopic (exact) mass is 413 g/mol. The Hall–Kier alpha value is -0.530. The maximum Gasteiger partial charge on any atom is 0.416 e. The van der Waals surface area contributed by atoms with Gasteiger partial charge in [-0.1, -0.05) is 6.07 Å². The molecule has 0 saturated heterocycles. The first-order valence-electron chi connectivity index (χ1n) is 5.21. The molecule has 0 amide bonds. The third-order valence-corrected chi connectivity index (χ3v) is 5.61. The summed E-state index contributed by atoms with van der Waals surface area (Å²) in [6.45, 7) is 0.482. The number of halogens is 5. The molecule has 0 aliphatic heterocycles. The first-order valence-corrected chi connectivity index (χ1v) is 7.61. The van der Waals surface area contributed by atoms with Gasteiger partial charge in [-0.25, -0.2) is 0 Å². The van der Waals surface area contributed by atoms with Crippen LogP contribution in [0.1, 0.15) is 10.4 Å². The average molecular weight is 415 g/mol. The number of hydrogen-bond acceptors (Lipinski definition) is 2. The molecule has 0 aliphatic rings. The molecule has 0 radical (unpaired) electrons. The maximum atomic E-state index is 12.5. The number of hydrogen-bond donors (Lipinski definition) is 1. The predicted molar refractivity (Wildman–Crippen MR) is 78.5 cm³/mol. The van der Waals surface area contributed by atoms with E-state index in [0.29, 0.717) is 12.2 Å². The van der Waals surface area contributed by atoms with Gasteiger partial charge in [0.25, 0.3) is 0 Å². The number of nitrogens with one attached hydrogen (secondary N) is 1. The summed E-state index contributed by atoms with van der Waals surface area (Å²) in [5.74, 6) is 0. The molecule has 0 atom stereocenters. The molecule has 0 saturated carbocycles. The minimum Gasteiger partial charge on any atom is -0.380 e. The summed E-state index contributed by atoms with van der Waals surface area (Å²) in [4.78, 5) is 1.02. The molecule has 0 aliphatic carbocycles. The Kier molecular flexibility index (Phi) is 4.58. The van der Waals surface area contributed by atoms with Crippen LogP contribution in [0.15, 0.2) is 38.6 Å². The highest BCUT2D eigenvalue weighted by molar-refractivity contribution is 9.13. The van der Waals surface area contributed by atoms with Gasteiger partial charge >= 0.3 is 6.18 Å². The molecule has 2 rings (SSSR count). The van der Waals surface area contributed by atoms with Gasteiger partial charge in [-0.3, -0.25) is 0 Å². The standard InChI is InChI=1S/C12H8Br2F3NS/c13-10-5-9(19-11(10)14)6-18-8-3-1-2-7(4-8)12(15,16)17/h1-5,18H,6H2. The number of anilines is 1. The Labute approximate surface area is 129 Å². The van der Waals surface area contributed by atoms with Crippen LogP contribution in [-0.2, 0) is 12.7 Å². The van der Waals surface area contributed by atoms with Gasteiger partial charge in [0, 0.05) is 21.6 Å². The normalized spacial score (nSPS) is 11.6. The molecule has 7 heteroatoms. The van der Waals surface area contributed by atoms with Gasteiger partial charge in [0.1, 0.15) is 0 Å². The first kappa shape index (κ1) is 14.9. The molecule has 1 aromatic carbocycles.